The monoisotopic (exact) mass is 303 g/mol. The molecule has 110 valence electrons. The highest BCUT2D eigenvalue weighted by Crippen LogP contribution is 2.32. The highest BCUT2D eigenvalue weighted by Gasteiger charge is 2.23. The van der Waals surface area contributed by atoms with E-state index in [1.807, 2.05) is 16.4 Å². The van der Waals surface area contributed by atoms with E-state index in [9.17, 15) is 0 Å². The lowest BCUT2D eigenvalue weighted by Gasteiger charge is -2.25. The van der Waals surface area contributed by atoms with E-state index < -0.39 is 0 Å². The van der Waals surface area contributed by atoms with Gasteiger partial charge in [0.2, 0.25) is 0 Å². The summed E-state index contributed by atoms with van der Waals surface area (Å²) in [4.78, 5) is 0. The van der Waals surface area contributed by atoms with Crippen LogP contribution < -0.4 is 5.32 Å². The molecule has 1 aromatic heterocycles. The average Bonchev–Trinajstić information content (AvgIpc) is 2.65. The number of nitrogens with one attached hydrogen (secondary N) is 1. The van der Waals surface area contributed by atoms with E-state index in [2.05, 4.69) is 52.0 Å². The molecule has 0 amide bonds. The molecule has 0 spiro atoms. The maximum atomic E-state index is 6.34. The Kier molecular flexibility index (Phi) is 6.21. The third-order valence-electron chi connectivity index (χ3n) is 2.74. The third kappa shape index (κ3) is 5.01. The minimum absolute atomic E-state index is 0.242. The molecule has 1 aromatic rings. The number of rotatable bonds is 6. The maximum Gasteiger partial charge on any atom is 0.0834 e. The van der Waals surface area contributed by atoms with Crippen LogP contribution in [-0.2, 0) is 0 Å². The lowest BCUT2D eigenvalue weighted by atomic mass is 10.2. The summed E-state index contributed by atoms with van der Waals surface area (Å²) < 4.78 is 2.28. The first-order valence-corrected chi connectivity index (χ1v) is 8.22. The molecule has 0 aromatic carbocycles. The number of halogens is 1. The predicted molar refractivity (Wildman–Crippen MR) is 86.3 cm³/mol. The molecule has 1 unspecified atom stereocenters. The van der Waals surface area contributed by atoms with Gasteiger partial charge < -0.3 is 5.32 Å². The molecular weight excluding hydrogens is 278 g/mol. The maximum absolute atomic E-state index is 6.34. The fourth-order valence-electron chi connectivity index (χ4n) is 1.90. The molecular formula is C14H26ClN3S. The fourth-order valence-corrected chi connectivity index (χ4v) is 3.11. The van der Waals surface area contributed by atoms with Crippen molar-refractivity contribution in [3.05, 3.63) is 16.9 Å². The number of hydrogen-bond acceptors (Lipinski definition) is 3. The standard InChI is InChI=1S/C14H26ClN3S/c1-7-16-12(9-19-14(4,5)6)13-11(15)8-17-18(13)10(2)3/h8,10,12,16H,7,9H2,1-6H3. The van der Waals surface area contributed by atoms with Crippen molar-refractivity contribution in [1.29, 1.82) is 0 Å². The zero-order valence-corrected chi connectivity index (χ0v) is 14.4. The van der Waals surface area contributed by atoms with Crippen molar-refractivity contribution < 1.29 is 0 Å². The zero-order valence-electron chi connectivity index (χ0n) is 12.8. The van der Waals surface area contributed by atoms with Crippen molar-refractivity contribution in [1.82, 2.24) is 15.1 Å². The summed E-state index contributed by atoms with van der Waals surface area (Å²) >= 11 is 8.28. The zero-order chi connectivity index (χ0) is 14.6. The van der Waals surface area contributed by atoms with E-state index in [4.69, 9.17) is 11.6 Å². The molecule has 0 saturated carbocycles. The quantitative estimate of drug-likeness (QED) is 0.850. The molecule has 1 rings (SSSR count). The van der Waals surface area contributed by atoms with Crippen molar-refractivity contribution >= 4 is 23.4 Å². The molecule has 0 aliphatic carbocycles. The van der Waals surface area contributed by atoms with Crippen LogP contribution in [0.5, 0.6) is 0 Å². The van der Waals surface area contributed by atoms with Crippen LogP contribution in [0.25, 0.3) is 0 Å². The molecule has 1 atom stereocenters. The van der Waals surface area contributed by atoms with Gasteiger partial charge in [-0.25, -0.2) is 0 Å². The van der Waals surface area contributed by atoms with Crippen molar-refractivity contribution in [3.8, 4) is 0 Å². The molecule has 19 heavy (non-hydrogen) atoms. The van der Waals surface area contributed by atoms with E-state index in [0.29, 0.717) is 6.04 Å². The summed E-state index contributed by atoms with van der Waals surface area (Å²) in [5.41, 5.74) is 1.11. The van der Waals surface area contributed by atoms with Gasteiger partial charge in [-0.05, 0) is 20.4 Å². The van der Waals surface area contributed by atoms with Crippen molar-refractivity contribution in [2.75, 3.05) is 12.3 Å². The van der Waals surface area contributed by atoms with Gasteiger partial charge in [-0.15, -0.1) is 0 Å². The van der Waals surface area contributed by atoms with Crippen LogP contribution >= 0.6 is 23.4 Å². The Labute approximate surface area is 126 Å². The Bertz CT molecular complexity index is 396. The second-order valence-electron chi connectivity index (χ2n) is 5.95. The lowest BCUT2D eigenvalue weighted by molar-refractivity contribution is 0.468. The fraction of sp³-hybridized carbons (Fsp3) is 0.786. The van der Waals surface area contributed by atoms with Gasteiger partial charge >= 0.3 is 0 Å². The van der Waals surface area contributed by atoms with Gasteiger partial charge in [0.05, 0.1) is 23.0 Å². The second kappa shape index (κ2) is 7.00. The van der Waals surface area contributed by atoms with Crippen molar-refractivity contribution in [3.63, 3.8) is 0 Å². The van der Waals surface area contributed by atoms with Crippen LogP contribution in [0.3, 0.4) is 0 Å². The topological polar surface area (TPSA) is 29.9 Å². The van der Waals surface area contributed by atoms with E-state index in [0.717, 1.165) is 23.0 Å². The Hall–Kier alpha value is -0.190. The summed E-state index contributed by atoms with van der Waals surface area (Å²) in [7, 11) is 0. The molecule has 0 aliphatic heterocycles. The molecule has 0 saturated heterocycles. The van der Waals surface area contributed by atoms with Gasteiger partial charge in [0.15, 0.2) is 0 Å². The largest absolute Gasteiger partial charge is 0.308 e. The Morgan fingerprint density at radius 3 is 2.53 bits per heavy atom. The molecule has 1 N–H and O–H groups in total. The van der Waals surface area contributed by atoms with Gasteiger partial charge in [-0.1, -0.05) is 39.3 Å². The van der Waals surface area contributed by atoms with Crippen molar-refractivity contribution in [2.24, 2.45) is 0 Å². The van der Waals surface area contributed by atoms with E-state index in [1.165, 1.54) is 0 Å². The Balaban J connectivity index is 2.95. The Morgan fingerprint density at radius 1 is 1.42 bits per heavy atom. The molecule has 0 radical (unpaired) electrons. The first-order valence-electron chi connectivity index (χ1n) is 6.86. The first kappa shape index (κ1) is 16.9. The van der Waals surface area contributed by atoms with E-state index in [-0.39, 0.29) is 10.8 Å². The van der Waals surface area contributed by atoms with Gasteiger partial charge in [0.25, 0.3) is 0 Å². The first-order chi connectivity index (χ1) is 8.76. The minimum atomic E-state index is 0.242. The molecule has 0 fully saturated rings. The molecule has 3 nitrogen and oxygen atoms in total. The van der Waals surface area contributed by atoms with E-state index >= 15 is 0 Å². The summed E-state index contributed by atoms with van der Waals surface area (Å²) in [6, 6.07) is 0.565. The van der Waals surface area contributed by atoms with Gasteiger partial charge in [-0.2, -0.15) is 16.9 Å². The number of thioether (sulfide) groups is 1. The number of nitrogens with zero attached hydrogens (tertiary/aromatic N) is 2. The molecule has 0 bridgehead atoms. The highest BCUT2D eigenvalue weighted by molar-refractivity contribution is 8.00. The summed E-state index contributed by atoms with van der Waals surface area (Å²) in [5.74, 6) is 0.996. The second-order valence-corrected chi connectivity index (χ2v) is 8.20. The predicted octanol–water partition coefficient (Wildman–Crippen LogP) is 4.30. The van der Waals surface area contributed by atoms with Crippen LogP contribution in [0.2, 0.25) is 5.02 Å². The Morgan fingerprint density at radius 2 is 2.05 bits per heavy atom. The van der Waals surface area contributed by atoms with E-state index in [1.54, 1.807) is 6.20 Å². The summed E-state index contributed by atoms with van der Waals surface area (Å²) in [6.45, 7) is 14.0. The molecule has 1 heterocycles. The molecule has 5 heteroatoms. The SMILES string of the molecule is CCNC(CSC(C)(C)C)c1c(Cl)cnn1C(C)C. The van der Waals surface area contributed by atoms with Crippen LogP contribution in [0.1, 0.15) is 59.3 Å². The molecule has 0 aliphatic rings. The number of hydrogen-bond donors (Lipinski definition) is 1. The summed E-state index contributed by atoms with van der Waals surface area (Å²) in [6.07, 6.45) is 1.75. The lowest BCUT2D eigenvalue weighted by Crippen LogP contribution is -2.28. The van der Waals surface area contributed by atoms with Crippen molar-refractivity contribution in [2.45, 2.75) is 58.4 Å². The van der Waals surface area contributed by atoms with Crippen LogP contribution in [0.4, 0.5) is 0 Å². The third-order valence-corrected chi connectivity index (χ3v) is 4.40. The smallest absolute Gasteiger partial charge is 0.0834 e. The minimum Gasteiger partial charge on any atom is -0.308 e. The van der Waals surface area contributed by atoms with Crippen LogP contribution in [0.15, 0.2) is 6.20 Å². The normalized spacial score (nSPS) is 14.1. The highest BCUT2D eigenvalue weighted by atomic mass is 35.5. The van der Waals surface area contributed by atoms with Gasteiger partial charge in [-0.3, -0.25) is 4.68 Å². The summed E-state index contributed by atoms with van der Waals surface area (Å²) in [5, 5.41) is 8.68. The van der Waals surface area contributed by atoms with Gasteiger partial charge in [0, 0.05) is 16.5 Å². The van der Waals surface area contributed by atoms with Crippen LogP contribution in [0, 0.1) is 0 Å². The average molecular weight is 304 g/mol. The van der Waals surface area contributed by atoms with Gasteiger partial charge in [0.1, 0.15) is 0 Å². The number of aromatic nitrogens is 2. The van der Waals surface area contributed by atoms with Crippen LogP contribution in [-0.4, -0.2) is 26.8 Å².